The van der Waals surface area contributed by atoms with Gasteiger partial charge in [-0.05, 0) is 11.8 Å². The molecule has 0 aliphatic rings. The molecule has 0 bridgehead atoms. The molecule has 0 aromatic heterocycles. The Balaban J connectivity index is 4.20. The summed E-state index contributed by atoms with van der Waals surface area (Å²) >= 11 is 0. The summed E-state index contributed by atoms with van der Waals surface area (Å²) in [5.41, 5.74) is -0.680. The van der Waals surface area contributed by atoms with E-state index in [1.54, 1.807) is 20.8 Å². The maximum absolute atomic E-state index is 11.8. The lowest BCUT2D eigenvalue weighted by atomic mass is 9.80. The second-order valence-electron chi connectivity index (χ2n) is 5.45. The Hall–Kier alpha value is -1.15. The molecule has 0 saturated carbocycles. The number of hydrogen-bond acceptors (Lipinski definition) is 4. The minimum absolute atomic E-state index is 0.201. The van der Waals surface area contributed by atoms with Crippen LogP contribution in [0.2, 0.25) is 0 Å². The Morgan fingerprint density at radius 2 is 1.74 bits per heavy atom. The number of aliphatic carboxylic acids is 1. The van der Waals surface area contributed by atoms with Gasteiger partial charge in [-0.15, -0.1) is 0 Å². The first-order valence-electron chi connectivity index (χ1n) is 5.90. The fraction of sp³-hybridized carbons (Fsp3) is 0.818. The number of carboxylic acids is 1. The average Bonchev–Trinajstić information content (AvgIpc) is 2.11. The zero-order valence-electron chi connectivity index (χ0n) is 11.7. The van der Waals surface area contributed by atoms with Gasteiger partial charge in [0.15, 0.2) is 0 Å². The van der Waals surface area contributed by atoms with Gasteiger partial charge < -0.3 is 10.4 Å². The van der Waals surface area contributed by atoms with E-state index in [4.69, 9.17) is 5.11 Å². The van der Waals surface area contributed by atoms with Gasteiger partial charge in [0.25, 0.3) is 0 Å². The highest BCUT2D eigenvalue weighted by Gasteiger charge is 2.37. The molecule has 0 spiro atoms. The van der Waals surface area contributed by atoms with Crippen LogP contribution in [0.5, 0.6) is 0 Å². The SMILES string of the molecule is CC(C)(C)C(C(=O)O)C(=O)NCCCNS(C)(=O)=O. The van der Waals surface area contributed by atoms with Crippen LogP contribution in [0.15, 0.2) is 0 Å². The van der Waals surface area contributed by atoms with Gasteiger partial charge >= 0.3 is 5.97 Å². The van der Waals surface area contributed by atoms with Crippen LogP contribution in [0.3, 0.4) is 0 Å². The number of carboxylic acid groups (broad SMARTS) is 1. The Morgan fingerprint density at radius 1 is 1.21 bits per heavy atom. The van der Waals surface area contributed by atoms with Crippen molar-refractivity contribution in [1.82, 2.24) is 10.0 Å². The normalized spacial score (nSPS) is 13.9. The molecule has 0 aromatic rings. The van der Waals surface area contributed by atoms with Crippen molar-refractivity contribution < 1.29 is 23.1 Å². The molecule has 0 aliphatic carbocycles. The smallest absolute Gasteiger partial charge is 0.316 e. The molecule has 1 amide bonds. The van der Waals surface area contributed by atoms with E-state index in [2.05, 4.69) is 10.0 Å². The van der Waals surface area contributed by atoms with E-state index in [-0.39, 0.29) is 13.1 Å². The topological polar surface area (TPSA) is 113 Å². The van der Waals surface area contributed by atoms with Gasteiger partial charge in [-0.2, -0.15) is 0 Å². The monoisotopic (exact) mass is 294 g/mol. The zero-order valence-corrected chi connectivity index (χ0v) is 12.5. The zero-order chi connectivity index (χ0) is 15.3. The van der Waals surface area contributed by atoms with Gasteiger partial charge in [0.05, 0.1) is 6.26 Å². The van der Waals surface area contributed by atoms with Crippen LogP contribution < -0.4 is 10.0 Å². The first-order chi connectivity index (χ1) is 8.45. The minimum atomic E-state index is -3.23. The van der Waals surface area contributed by atoms with Gasteiger partial charge in [0.2, 0.25) is 15.9 Å². The molecule has 0 aromatic carbocycles. The van der Waals surface area contributed by atoms with Gasteiger partial charge in [0, 0.05) is 13.1 Å². The summed E-state index contributed by atoms with van der Waals surface area (Å²) in [7, 11) is -3.23. The number of nitrogens with one attached hydrogen (secondary N) is 2. The summed E-state index contributed by atoms with van der Waals surface area (Å²) in [5, 5.41) is 11.5. The summed E-state index contributed by atoms with van der Waals surface area (Å²) in [6, 6.07) is 0. The summed E-state index contributed by atoms with van der Waals surface area (Å²) in [5.74, 6) is -2.85. The molecular formula is C11H22N2O5S. The predicted octanol–water partition coefficient (Wildman–Crippen LogP) is -0.211. The van der Waals surface area contributed by atoms with E-state index in [9.17, 15) is 18.0 Å². The fourth-order valence-electron chi connectivity index (χ4n) is 1.54. The quantitative estimate of drug-likeness (QED) is 0.444. The Kier molecular flexibility index (Phi) is 6.44. The molecule has 1 unspecified atom stereocenters. The number of carbonyl (C=O) groups is 2. The molecule has 7 nitrogen and oxygen atoms in total. The highest BCUT2D eigenvalue weighted by Crippen LogP contribution is 2.26. The largest absolute Gasteiger partial charge is 0.481 e. The molecule has 0 radical (unpaired) electrons. The fourth-order valence-corrected chi connectivity index (χ4v) is 2.05. The molecule has 0 fully saturated rings. The third-order valence-electron chi connectivity index (χ3n) is 2.39. The van der Waals surface area contributed by atoms with Gasteiger partial charge in [0.1, 0.15) is 5.92 Å². The Morgan fingerprint density at radius 3 is 2.11 bits per heavy atom. The second-order valence-corrected chi connectivity index (χ2v) is 7.28. The molecule has 112 valence electrons. The first-order valence-corrected chi connectivity index (χ1v) is 7.79. The van der Waals surface area contributed by atoms with Crippen LogP contribution in [-0.2, 0) is 19.6 Å². The maximum atomic E-state index is 11.8. The summed E-state index contributed by atoms with van der Waals surface area (Å²) in [4.78, 5) is 22.8. The van der Waals surface area contributed by atoms with Crippen molar-refractivity contribution in [3.63, 3.8) is 0 Å². The molecule has 19 heavy (non-hydrogen) atoms. The van der Waals surface area contributed by atoms with Crippen molar-refractivity contribution in [3.8, 4) is 0 Å². The number of sulfonamides is 1. The molecular weight excluding hydrogens is 272 g/mol. The molecule has 0 rings (SSSR count). The van der Waals surface area contributed by atoms with Crippen molar-refractivity contribution >= 4 is 21.9 Å². The van der Waals surface area contributed by atoms with E-state index >= 15 is 0 Å². The van der Waals surface area contributed by atoms with Crippen molar-refractivity contribution in [2.45, 2.75) is 27.2 Å². The molecule has 3 N–H and O–H groups in total. The van der Waals surface area contributed by atoms with E-state index in [0.717, 1.165) is 6.26 Å². The minimum Gasteiger partial charge on any atom is -0.481 e. The van der Waals surface area contributed by atoms with Gasteiger partial charge in [-0.3, -0.25) is 9.59 Å². The van der Waals surface area contributed by atoms with Crippen LogP contribution in [0.4, 0.5) is 0 Å². The molecule has 0 saturated heterocycles. The van der Waals surface area contributed by atoms with Crippen LogP contribution >= 0.6 is 0 Å². The summed E-state index contributed by atoms with van der Waals surface area (Å²) in [6.45, 7) is 5.46. The standard InChI is InChI=1S/C11H22N2O5S/c1-11(2,3)8(10(15)16)9(14)12-6-5-7-13-19(4,17)18/h8,13H,5-7H2,1-4H3,(H,12,14)(H,15,16). The Labute approximate surface area is 113 Å². The summed E-state index contributed by atoms with van der Waals surface area (Å²) in [6.07, 6.45) is 1.45. The first kappa shape index (κ1) is 17.8. The number of rotatable bonds is 7. The molecule has 0 heterocycles. The molecule has 8 heteroatoms. The van der Waals surface area contributed by atoms with Crippen LogP contribution in [0, 0.1) is 11.3 Å². The number of hydrogen-bond donors (Lipinski definition) is 3. The summed E-state index contributed by atoms with van der Waals surface area (Å²) < 4.78 is 23.8. The van der Waals surface area contributed by atoms with Crippen molar-refractivity contribution in [2.75, 3.05) is 19.3 Å². The lowest BCUT2D eigenvalue weighted by molar-refractivity contribution is -0.151. The van der Waals surface area contributed by atoms with Crippen LogP contribution in [0.1, 0.15) is 27.2 Å². The highest BCUT2D eigenvalue weighted by molar-refractivity contribution is 7.88. The predicted molar refractivity (Wildman–Crippen MR) is 71.1 cm³/mol. The average molecular weight is 294 g/mol. The van der Waals surface area contributed by atoms with Gasteiger partial charge in [-0.25, -0.2) is 13.1 Å². The van der Waals surface area contributed by atoms with Crippen molar-refractivity contribution in [1.29, 1.82) is 0 Å². The Bertz CT molecular complexity index is 425. The second kappa shape index (κ2) is 6.85. The van der Waals surface area contributed by atoms with E-state index in [1.165, 1.54) is 0 Å². The van der Waals surface area contributed by atoms with Crippen LogP contribution in [-0.4, -0.2) is 44.7 Å². The highest BCUT2D eigenvalue weighted by atomic mass is 32.2. The van der Waals surface area contributed by atoms with E-state index in [1.807, 2.05) is 0 Å². The van der Waals surface area contributed by atoms with Crippen molar-refractivity contribution in [2.24, 2.45) is 11.3 Å². The lowest BCUT2D eigenvalue weighted by Gasteiger charge is -2.25. The maximum Gasteiger partial charge on any atom is 0.316 e. The molecule has 0 aliphatic heterocycles. The number of amides is 1. The third kappa shape index (κ3) is 7.78. The number of carbonyl (C=O) groups excluding carboxylic acids is 1. The third-order valence-corrected chi connectivity index (χ3v) is 3.12. The van der Waals surface area contributed by atoms with Crippen LogP contribution in [0.25, 0.3) is 0 Å². The van der Waals surface area contributed by atoms with E-state index in [0.29, 0.717) is 6.42 Å². The van der Waals surface area contributed by atoms with Crippen molar-refractivity contribution in [3.05, 3.63) is 0 Å². The lowest BCUT2D eigenvalue weighted by Crippen LogP contribution is -2.43. The molecule has 1 atom stereocenters. The van der Waals surface area contributed by atoms with E-state index < -0.39 is 33.2 Å². The van der Waals surface area contributed by atoms with Gasteiger partial charge in [-0.1, -0.05) is 20.8 Å².